The summed E-state index contributed by atoms with van der Waals surface area (Å²) in [6.45, 7) is 5.75. The van der Waals surface area contributed by atoms with Crippen molar-refractivity contribution >= 4 is 12.0 Å². The fourth-order valence-corrected chi connectivity index (χ4v) is 1.85. The first-order valence-corrected chi connectivity index (χ1v) is 6.42. The van der Waals surface area contributed by atoms with Crippen LogP contribution in [-0.2, 0) is 9.53 Å². The van der Waals surface area contributed by atoms with E-state index in [2.05, 4.69) is 29.2 Å². The van der Waals surface area contributed by atoms with Crippen LogP contribution < -0.4 is 10.6 Å². The number of alkyl carbamates (subject to hydrolysis) is 1. The summed E-state index contributed by atoms with van der Waals surface area (Å²) in [4.78, 5) is 24.7. The van der Waals surface area contributed by atoms with Gasteiger partial charge >= 0.3 is 6.09 Å². The fourth-order valence-electron chi connectivity index (χ4n) is 1.85. The Morgan fingerprint density at radius 1 is 1.50 bits per heavy atom. The van der Waals surface area contributed by atoms with Crippen LogP contribution in [0.2, 0.25) is 0 Å². The van der Waals surface area contributed by atoms with Gasteiger partial charge in [0.05, 0.1) is 19.7 Å². The van der Waals surface area contributed by atoms with Gasteiger partial charge in [-0.25, -0.2) is 4.79 Å². The number of hydrogen-bond acceptors (Lipinski definition) is 4. The number of nitrogens with zero attached hydrogens (tertiary/aromatic N) is 1. The molecule has 1 heterocycles. The summed E-state index contributed by atoms with van der Waals surface area (Å²) in [5.41, 5.74) is 0. The van der Waals surface area contributed by atoms with Crippen LogP contribution in [0.25, 0.3) is 0 Å². The zero-order valence-electron chi connectivity index (χ0n) is 11.4. The molecule has 1 rings (SSSR count). The van der Waals surface area contributed by atoms with Crippen molar-refractivity contribution in [3.8, 4) is 0 Å². The Morgan fingerprint density at radius 2 is 2.22 bits per heavy atom. The molecule has 0 aromatic carbocycles. The molecule has 0 saturated carbocycles. The molecule has 18 heavy (non-hydrogen) atoms. The minimum Gasteiger partial charge on any atom is -0.453 e. The van der Waals surface area contributed by atoms with Crippen LogP contribution in [0.15, 0.2) is 0 Å². The second-order valence-corrected chi connectivity index (χ2v) is 4.65. The van der Waals surface area contributed by atoms with Crippen LogP contribution in [0, 0.1) is 0 Å². The molecule has 2 unspecified atom stereocenters. The summed E-state index contributed by atoms with van der Waals surface area (Å²) < 4.78 is 4.54. The van der Waals surface area contributed by atoms with Crippen molar-refractivity contribution in [1.29, 1.82) is 0 Å². The van der Waals surface area contributed by atoms with Crippen molar-refractivity contribution in [3.05, 3.63) is 0 Å². The maximum atomic E-state index is 11.9. The van der Waals surface area contributed by atoms with Crippen molar-refractivity contribution in [1.82, 2.24) is 15.5 Å². The third kappa shape index (κ3) is 4.52. The highest BCUT2D eigenvalue weighted by Crippen LogP contribution is 2.09. The first-order chi connectivity index (χ1) is 8.56. The number of carbonyl (C=O) groups is 2. The first-order valence-electron chi connectivity index (χ1n) is 6.42. The summed E-state index contributed by atoms with van der Waals surface area (Å²) in [5, 5.41) is 5.89. The Labute approximate surface area is 108 Å². The quantitative estimate of drug-likeness (QED) is 0.744. The van der Waals surface area contributed by atoms with Crippen LogP contribution in [0.5, 0.6) is 0 Å². The van der Waals surface area contributed by atoms with Crippen LogP contribution in [0.3, 0.4) is 0 Å². The van der Waals surface area contributed by atoms with E-state index in [1.807, 2.05) is 0 Å². The number of nitrogens with one attached hydrogen (secondary N) is 2. The molecule has 0 bridgehead atoms. The van der Waals surface area contributed by atoms with Gasteiger partial charge in [-0.05, 0) is 19.8 Å². The van der Waals surface area contributed by atoms with E-state index in [4.69, 9.17) is 0 Å². The largest absolute Gasteiger partial charge is 0.453 e. The third-order valence-corrected chi connectivity index (χ3v) is 3.26. The van der Waals surface area contributed by atoms with Crippen LogP contribution >= 0.6 is 0 Å². The van der Waals surface area contributed by atoms with Gasteiger partial charge in [-0.3, -0.25) is 4.79 Å². The maximum Gasteiger partial charge on any atom is 0.407 e. The predicted molar refractivity (Wildman–Crippen MR) is 68.3 cm³/mol. The summed E-state index contributed by atoms with van der Waals surface area (Å²) in [6.07, 6.45) is 1.34. The van der Waals surface area contributed by atoms with E-state index in [1.165, 1.54) is 7.11 Å². The topological polar surface area (TPSA) is 70.7 Å². The van der Waals surface area contributed by atoms with Gasteiger partial charge in [0.1, 0.15) is 0 Å². The minimum absolute atomic E-state index is 0.00463. The number of hydrogen-bond donors (Lipinski definition) is 2. The zero-order valence-corrected chi connectivity index (χ0v) is 11.4. The predicted octanol–water partition coefficient (Wildman–Crippen LogP) is 0.331. The number of likely N-dealkylation sites (tertiary alicyclic amines) is 1. The van der Waals surface area contributed by atoms with Crippen molar-refractivity contribution in [2.75, 3.05) is 26.7 Å². The lowest BCUT2D eigenvalue weighted by molar-refractivity contribution is -0.129. The van der Waals surface area contributed by atoms with Crippen LogP contribution in [-0.4, -0.2) is 55.7 Å². The molecule has 0 aliphatic carbocycles. The standard InChI is InChI=1S/C12H23N3O3/c1-4-9(2)13-7-11(16)15-6-5-10(8-15)14-12(17)18-3/h9-10,13H,4-8H2,1-3H3,(H,14,17). The lowest BCUT2D eigenvalue weighted by Gasteiger charge is -2.18. The highest BCUT2D eigenvalue weighted by Gasteiger charge is 2.27. The number of rotatable bonds is 5. The number of methoxy groups -OCH3 is 1. The Bertz CT molecular complexity index is 296. The number of carbonyl (C=O) groups excluding carboxylic acids is 2. The Balaban J connectivity index is 2.28. The molecular weight excluding hydrogens is 234 g/mol. The van der Waals surface area contributed by atoms with E-state index in [0.717, 1.165) is 12.8 Å². The van der Waals surface area contributed by atoms with Crippen molar-refractivity contribution < 1.29 is 14.3 Å². The Morgan fingerprint density at radius 3 is 2.83 bits per heavy atom. The highest BCUT2D eigenvalue weighted by molar-refractivity contribution is 5.78. The molecule has 2 amide bonds. The van der Waals surface area contributed by atoms with Gasteiger partial charge in [-0.15, -0.1) is 0 Å². The van der Waals surface area contributed by atoms with E-state index in [9.17, 15) is 9.59 Å². The van der Waals surface area contributed by atoms with E-state index in [-0.39, 0.29) is 11.9 Å². The average molecular weight is 257 g/mol. The molecule has 104 valence electrons. The second-order valence-electron chi connectivity index (χ2n) is 4.65. The molecule has 2 N–H and O–H groups in total. The van der Waals surface area contributed by atoms with Gasteiger partial charge in [-0.1, -0.05) is 6.92 Å². The normalized spacial score (nSPS) is 20.6. The summed E-state index contributed by atoms with van der Waals surface area (Å²) >= 11 is 0. The summed E-state index contributed by atoms with van der Waals surface area (Å²) in [6, 6.07) is 0.352. The molecular formula is C12H23N3O3. The van der Waals surface area contributed by atoms with Gasteiger partial charge in [-0.2, -0.15) is 0 Å². The number of ether oxygens (including phenoxy) is 1. The molecule has 1 aliphatic heterocycles. The van der Waals surface area contributed by atoms with Gasteiger partial charge in [0.2, 0.25) is 5.91 Å². The molecule has 1 aliphatic rings. The summed E-state index contributed by atoms with van der Waals surface area (Å²) in [7, 11) is 1.34. The van der Waals surface area contributed by atoms with E-state index >= 15 is 0 Å². The lowest BCUT2D eigenvalue weighted by Crippen LogP contribution is -2.42. The average Bonchev–Trinajstić information content (AvgIpc) is 2.83. The van der Waals surface area contributed by atoms with Gasteiger partial charge in [0.25, 0.3) is 0 Å². The maximum absolute atomic E-state index is 11.9. The monoisotopic (exact) mass is 257 g/mol. The molecule has 6 nitrogen and oxygen atoms in total. The van der Waals surface area contributed by atoms with Gasteiger partial charge < -0.3 is 20.3 Å². The van der Waals surface area contributed by atoms with Gasteiger partial charge in [0.15, 0.2) is 0 Å². The molecule has 1 saturated heterocycles. The van der Waals surface area contributed by atoms with Crippen LogP contribution in [0.4, 0.5) is 4.79 Å². The highest BCUT2D eigenvalue weighted by atomic mass is 16.5. The molecule has 0 radical (unpaired) electrons. The second kappa shape index (κ2) is 7.20. The summed E-state index contributed by atoms with van der Waals surface area (Å²) in [5.74, 6) is 0.0875. The third-order valence-electron chi connectivity index (χ3n) is 3.26. The number of amides is 2. The SMILES string of the molecule is CCC(C)NCC(=O)N1CCC(NC(=O)OC)C1. The van der Waals surface area contributed by atoms with E-state index in [0.29, 0.717) is 25.7 Å². The van der Waals surface area contributed by atoms with Crippen molar-refractivity contribution in [3.63, 3.8) is 0 Å². The Kier molecular flexibility index (Phi) is 5.91. The van der Waals surface area contributed by atoms with E-state index < -0.39 is 6.09 Å². The smallest absolute Gasteiger partial charge is 0.407 e. The molecule has 6 heteroatoms. The molecule has 2 atom stereocenters. The molecule has 0 aromatic heterocycles. The molecule has 1 fully saturated rings. The lowest BCUT2D eigenvalue weighted by atomic mass is 10.2. The first kappa shape index (κ1) is 14.8. The fraction of sp³-hybridized carbons (Fsp3) is 0.833. The zero-order chi connectivity index (χ0) is 13.5. The molecule has 0 aromatic rings. The van der Waals surface area contributed by atoms with Crippen LogP contribution in [0.1, 0.15) is 26.7 Å². The Hall–Kier alpha value is -1.30. The molecule has 0 spiro atoms. The van der Waals surface area contributed by atoms with Gasteiger partial charge in [0, 0.05) is 19.1 Å². The van der Waals surface area contributed by atoms with Crippen molar-refractivity contribution in [2.45, 2.75) is 38.8 Å². The minimum atomic E-state index is -0.438. The van der Waals surface area contributed by atoms with E-state index in [1.54, 1.807) is 4.90 Å². The van der Waals surface area contributed by atoms with Crippen molar-refractivity contribution in [2.24, 2.45) is 0 Å².